The Bertz CT molecular complexity index is 816. The minimum atomic E-state index is 0.282. The molecule has 4 rings (SSSR count). The number of fused-ring (bicyclic) bond motifs is 1. The smallest absolute Gasteiger partial charge is 0.231 e. The first-order valence-corrected chi connectivity index (χ1v) is 8.36. The van der Waals surface area contributed by atoms with Crippen molar-refractivity contribution < 1.29 is 9.47 Å². The van der Waals surface area contributed by atoms with Gasteiger partial charge in [-0.2, -0.15) is 0 Å². The maximum atomic E-state index is 5.40. The van der Waals surface area contributed by atoms with Crippen LogP contribution < -0.4 is 9.47 Å². The summed E-state index contributed by atoms with van der Waals surface area (Å²) in [6.45, 7) is 0.282. The fourth-order valence-electron chi connectivity index (χ4n) is 2.02. The standard InChI is InChI=1S/C13H11N5O2S2/c1-18-13(15-16-17-18)22-6-9-5-21-12(14-9)8-2-3-10-11(4-8)20-7-19-10/h2-5H,6-7H2,1H3. The van der Waals surface area contributed by atoms with Crippen molar-refractivity contribution in [3.8, 4) is 22.1 Å². The fourth-order valence-corrected chi connectivity index (χ4v) is 3.68. The second kappa shape index (κ2) is 5.58. The van der Waals surface area contributed by atoms with E-state index in [1.165, 1.54) is 0 Å². The molecule has 112 valence electrons. The second-order valence-corrected chi connectivity index (χ2v) is 6.39. The molecule has 0 aliphatic carbocycles. The van der Waals surface area contributed by atoms with Crippen molar-refractivity contribution in [1.29, 1.82) is 0 Å². The van der Waals surface area contributed by atoms with Gasteiger partial charge in [0.2, 0.25) is 11.9 Å². The molecule has 0 atom stereocenters. The van der Waals surface area contributed by atoms with Gasteiger partial charge in [0.05, 0.1) is 5.69 Å². The Morgan fingerprint density at radius 2 is 2.23 bits per heavy atom. The summed E-state index contributed by atoms with van der Waals surface area (Å²) in [6.07, 6.45) is 0. The van der Waals surface area contributed by atoms with Gasteiger partial charge in [-0.3, -0.25) is 0 Å². The maximum absolute atomic E-state index is 5.40. The van der Waals surface area contributed by atoms with Gasteiger partial charge in [-0.25, -0.2) is 9.67 Å². The van der Waals surface area contributed by atoms with Gasteiger partial charge in [-0.15, -0.1) is 16.4 Å². The molecule has 0 amide bonds. The van der Waals surface area contributed by atoms with Crippen LogP contribution in [0.5, 0.6) is 11.5 Å². The summed E-state index contributed by atoms with van der Waals surface area (Å²) in [4.78, 5) is 4.66. The Labute approximate surface area is 134 Å². The lowest BCUT2D eigenvalue weighted by molar-refractivity contribution is 0.174. The van der Waals surface area contributed by atoms with Crippen molar-refractivity contribution in [3.63, 3.8) is 0 Å². The molecular formula is C13H11N5O2S2. The van der Waals surface area contributed by atoms with Gasteiger partial charge in [-0.05, 0) is 28.6 Å². The van der Waals surface area contributed by atoms with Gasteiger partial charge in [-0.1, -0.05) is 11.8 Å². The van der Waals surface area contributed by atoms with Crippen molar-refractivity contribution in [1.82, 2.24) is 25.2 Å². The zero-order chi connectivity index (χ0) is 14.9. The Morgan fingerprint density at radius 1 is 1.32 bits per heavy atom. The number of hydrogen-bond donors (Lipinski definition) is 0. The van der Waals surface area contributed by atoms with E-state index in [2.05, 4.69) is 25.9 Å². The molecule has 7 nitrogen and oxygen atoms in total. The van der Waals surface area contributed by atoms with Gasteiger partial charge in [0, 0.05) is 23.7 Å². The number of ether oxygens (including phenoxy) is 2. The highest BCUT2D eigenvalue weighted by Crippen LogP contribution is 2.37. The fraction of sp³-hybridized carbons (Fsp3) is 0.231. The molecule has 1 aliphatic rings. The van der Waals surface area contributed by atoms with Crippen LogP contribution >= 0.6 is 23.1 Å². The van der Waals surface area contributed by atoms with E-state index in [1.54, 1.807) is 27.8 Å². The zero-order valence-corrected chi connectivity index (χ0v) is 13.2. The van der Waals surface area contributed by atoms with E-state index >= 15 is 0 Å². The summed E-state index contributed by atoms with van der Waals surface area (Å²) in [6, 6.07) is 5.87. The monoisotopic (exact) mass is 333 g/mol. The van der Waals surface area contributed by atoms with Crippen LogP contribution in [0.25, 0.3) is 10.6 Å². The third-order valence-corrected chi connectivity index (χ3v) is 5.09. The Morgan fingerprint density at radius 3 is 3.09 bits per heavy atom. The summed E-state index contributed by atoms with van der Waals surface area (Å²) < 4.78 is 12.4. The van der Waals surface area contributed by atoms with Crippen LogP contribution in [0.2, 0.25) is 0 Å². The highest BCUT2D eigenvalue weighted by molar-refractivity contribution is 7.98. The third-order valence-electron chi connectivity index (χ3n) is 3.10. The number of hydrogen-bond acceptors (Lipinski definition) is 8. The lowest BCUT2D eigenvalue weighted by Crippen LogP contribution is -1.93. The Hall–Kier alpha value is -2.13. The predicted molar refractivity (Wildman–Crippen MR) is 82.0 cm³/mol. The molecule has 1 aromatic carbocycles. The molecule has 0 bridgehead atoms. The molecule has 1 aliphatic heterocycles. The Balaban J connectivity index is 1.50. The van der Waals surface area contributed by atoms with E-state index < -0.39 is 0 Å². The van der Waals surface area contributed by atoms with E-state index in [9.17, 15) is 0 Å². The average Bonchev–Trinajstić information content (AvgIpc) is 3.25. The summed E-state index contributed by atoms with van der Waals surface area (Å²) in [5.41, 5.74) is 2.04. The minimum absolute atomic E-state index is 0.282. The van der Waals surface area contributed by atoms with Crippen molar-refractivity contribution in [2.24, 2.45) is 7.05 Å². The lowest BCUT2D eigenvalue weighted by Gasteiger charge is -1.99. The first-order valence-electron chi connectivity index (χ1n) is 6.49. The molecule has 3 heterocycles. The molecule has 3 aromatic rings. The quantitative estimate of drug-likeness (QED) is 0.678. The molecular weight excluding hydrogens is 322 g/mol. The van der Waals surface area contributed by atoms with Gasteiger partial charge in [0.25, 0.3) is 0 Å². The number of aromatic nitrogens is 5. The van der Waals surface area contributed by atoms with Crippen molar-refractivity contribution in [2.75, 3.05) is 6.79 Å². The zero-order valence-electron chi connectivity index (χ0n) is 11.6. The third kappa shape index (κ3) is 2.53. The Kier molecular flexibility index (Phi) is 3.43. The molecule has 0 unspecified atom stereocenters. The topological polar surface area (TPSA) is 75.0 Å². The molecule has 9 heteroatoms. The maximum Gasteiger partial charge on any atom is 0.231 e. The number of nitrogens with zero attached hydrogens (tertiary/aromatic N) is 5. The van der Waals surface area contributed by atoms with Crippen LogP contribution in [-0.2, 0) is 12.8 Å². The number of thiazole rings is 1. The highest BCUT2D eigenvalue weighted by atomic mass is 32.2. The van der Waals surface area contributed by atoms with E-state index in [4.69, 9.17) is 9.47 Å². The molecule has 0 saturated carbocycles. The molecule has 0 radical (unpaired) electrons. The van der Waals surface area contributed by atoms with Crippen LogP contribution in [0.3, 0.4) is 0 Å². The lowest BCUT2D eigenvalue weighted by atomic mass is 10.2. The van der Waals surface area contributed by atoms with Gasteiger partial charge in [0.1, 0.15) is 5.01 Å². The molecule has 2 aromatic heterocycles. The largest absolute Gasteiger partial charge is 0.454 e. The van der Waals surface area contributed by atoms with Gasteiger partial charge < -0.3 is 9.47 Å². The van der Waals surface area contributed by atoms with Crippen LogP contribution in [-0.4, -0.2) is 32.0 Å². The first kappa shape index (κ1) is 13.5. The first-order chi connectivity index (χ1) is 10.8. The molecule has 0 saturated heterocycles. The van der Waals surface area contributed by atoms with Crippen LogP contribution in [0, 0.1) is 0 Å². The number of tetrazole rings is 1. The minimum Gasteiger partial charge on any atom is -0.454 e. The van der Waals surface area contributed by atoms with E-state index in [0.29, 0.717) is 0 Å². The van der Waals surface area contributed by atoms with E-state index in [0.717, 1.165) is 38.7 Å². The molecule has 0 spiro atoms. The van der Waals surface area contributed by atoms with E-state index in [-0.39, 0.29) is 6.79 Å². The highest BCUT2D eigenvalue weighted by Gasteiger charge is 2.15. The molecule has 0 N–H and O–H groups in total. The molecule has 0 fully saturated rings. The SMILES string of the molecule is Cn1nnnc1SCc1csc(-c2ccc3c(c2)OCO3)n1. The average molecular weight is 333 g/mol. The van der Waals surface area contributed by atoms with Crippen molar-refractivity contribution >= 4 is 23.1 Å². The van der Waals surface area contributed by atoms with Crippen molar-refractivity contribution in [2.45, 2.75) is 10.9 Å². The van der Waals surface area contributed by atoms with Gasteiger partial charge >= 0.3 is 0 Å². The summed E-state index contributed by atoms with van der Waals surface area (Å²) in [5.74, 6) is 2.29. The number of rotatable bonds is 4. The summed E-state index contributed by atoms with van der Waals surface area (Å²) in [5, 5.41) is 15.2. The predicted octanol–water partition coefficient (Wildman–Crippen LogP) is 2.35. The van der Waals surface area contributed by atoms with Gasteiger partial charge in [0.15, 0.2) is 11.5 Å². The van der Waals surface area contributed by atoms with E-state index in [1.807, 2.05) is 25.2 Å². The number of benzene rings is 1. The normalized spacial score (nSPS) is 12.8. The van der Waals surface area contributed by atoms with Crippen LogP contribution in [0.1, 0.15) is 5.69 Å². The van der Waals surface area contributed by atoms with Crippen molar-refractivity contribution in [3.05, 3.63) is 29.3 Å². The summed E-state index contributed by atoms with van der Waals surface area (Å²) in [7, 11) is 1.82. The molecule has 22 heavy (non-hydrogen) atoms. The van der Waals surface area contributed by atoms with Crippen LogP contribution in [0.4, 0.5) is 0 Å². The second-order valence-electron chi connectivity index (χ2n) is 4.59. The number of thioether (sulfide) groups is 1. The number of aryl methyl sites for hydroxylation is 1. The summed E-state index contributed by atoms with van der Waals surface area (Å²) >= 11 is 3.17. The van der Waals surface area contributed by atoms with Crippen LogP contribution in [0.15, 0.2) is 28.7 Å².